The summed E-state index contributed by atoms with van der Waals surface area (Å²) in [6.45, 7) is 2.06. The van der Waals surface area contributed by atoms with E-state index in [4.69, 9.17) is 0 Å². The number of carboxylic acid groups (broad SMARTS) is 1. The second-order valence-corrected chi connectivity index (χ2v) is 8.09. The van der Waals surface area contributed by atoms with Gasteiger partial charge >= 0.3 is 5.97 Å². The number of rotatable bonds is 3. The van der Waals surface area contributed by atoms with Crippen LogP contribution in [0.15, 0.2) is 29.2 Å². The smallest absolute Gasteiger partial charge is 0.320 e. The Hall–Kier alpha value is -0.960. The number of hydrogen-bond donors (Lipinski definition) is 1. The molecular weight excluding hydrogens is 268 g/mol. The second kappa shape index (κ2) is 5.10. The molecule has 1 N–H and O–H groups in total. The molecule has 0 saturated heterocycles. The molecule has 2 fully saturated rings. The lowest BCUT2D eigenvalue weighted by molar-refractivity contribution is -0.147. The first-order valence-corrected chi connectivity index (χ1v) is 8.35. The van der Waals surface area contributed by atoms with Crippen molar-refractivity contribution in [3.8, 4) is 0 Å². The molecule has 1 aromatic carbocycles. The molecule has 1 aromatic rings. The molecule has 0 unspecified atom stereocenters. The van der Waals surface area contributed by atoms with Crippen LogP contribution in [0.5, 0.6) is 0 Å². The first kappa shape index (κ1) is 14.0. The number of thioether (sulfide) groups is 1. The Morgan fingerprint density at radius 3 is 2.25 bits per heavy atom. The van der Waals surface area contributed by atoms with Gasteiger partial charge in [0.2, 0.25) is 0 Å². The SMILES string of the molecule is Cc1ccc(SC2(C(=O)O)CC3(CCCCC3)C2)cc1. The average Bonchev–Trinajstić information content (AvgIpc) is 2.40. The number of carboxylic acids is 1. The van der Waals surface area contributed by atoms with Crippen molar-refractivity contribution in [1.29, 1.82) is 0 Å². The molecule has 2 aliphatic carbocycles. The molecule has 1 spiro atoms. The minimum absolute atomic E-state index is 0.342. The highest BCUT2D eigenvalue weighted by atomic mass is 32.2. The quantitative estimate of drug-likeness (QED) is 0.880. The van der Waals surface area contributed by atoms with Crippen LogP contribution in [0, 0.1) is 12.3 Å². The number of carbonyl (C=O) groups is 1. The topological polar surface area (TPSA) is 37.3 Å². The van der Waals surface area contributed by atoms with Crippen molar-refractivity contribution < 1.29 is 9.90 Å². The van der Waals surface area contributed by atoms with Gasteiger partial charge in [0.1, 0.15) is 4.75 Å². The highest BCUT2D eigenvalue weighted by Gasteiger charge is 2.59. The predicted molar refractivity (Wildman–Crippen MR) is 82.2 cm³/mol. The fourth-order valence-electron chi connectivity index (χ4n) is 3.91. The van der Waals surface area contributed by atoms with Crippen molar-refractivity contribution in [2.75, 3.05) is 0 Å². The van der Waals surface area contributed by atoms with Gasteiger partial charge in [0, 0.05) is 4.90 Å². The Morgan fingerprint density at radius 2 is 1.70 bits per heavy atom. The molecule has 3 heteroatoms. The van der Waals surface area contributed by atoms with Gasteiger partial charge in [-0.1, -0.05) is 37.0 Å². The Balaban J connectivity index is 1.74. The second-order valence-electron chi connectivity index (χ2n) is 6.63. The summed E-state index contributed by atoms with van der Waals surface area (Å²) in [5, 5.41) is 9.69. The van der Waals surface area contributed by atoms with Gasteiger partial charge in [-0.3, -0.25) is 4.79 Å². The van der Waals surface area contributed by atoms with Crippen molar-refractivity contribution in [2.24, 2.45) is 5.41 Å². The maximum Gasteiger partial charge on any atom is 0.320 e. The van der Waals surface area contributed by atoms with E-state index in [9.17, 15) is 9.90 Å². The molecule has 0 atom stereocenters. The van der Waals surface area contributed by atoms with Crippen molar-refractivity contribution in [2.45, 2.75) is 61.5 Å². The van der Waals surface area contributed by atoms with E-state index in [2.05, 4.69) is 31.2 Å². The van der Waals surface area contributed by atoms with E-state index < -0.39 is 10.7 Å². The van der Waals surface area contributed by atoms with Crippen LogP contribution in [-0.2, 0) is 4.79 Å². The van der Waals surface area contributed by atoms with E-state index in [0.29, 0.717) is 5.41 Å². The first-order chi connectivity index (χ1) is 9.54. The predicted octanol–water partition coefficient (Wildman–Crippen LogP) is 4.65. The van der Waals surface area contributed by atoms with Crippen LogP contribution < -0.4 is 0 Å². The average molecular weight is 290 g/mol. The van der Waals surface area contributed by atoms with Gasteiger partial charge in [-0.25, -0.2) is 0 Å². The summed E-state index contributed by atoms with van der Waals surface area (Å²) in [4.78, 5) is 12.9. The van der Waals surface area contributed by atoms with Crippen molar-refractivity contribution in [3.63, 3.8) is 0 Å². The molecule has 0 aromatic heterocycles. The summed E-state index contributed by atoms with van der Waals surface area (Å²) in [5.74, 6) is -0.626. The lowest BCUT2D eigenvalue weighted by Crippen LogP contribution is -2.55. The monoisotopic (exact) mass is 290 g/mol. The zero-order chi connectivity index (χ0) is 14.2. The summed E-state index contributed by atoms with van der Waals surface area (Å²) in [6.07, 6.45) is 8.07. The third kappa shape index (κ3) is 2.48. The number of hydrogen-bond acceptors (Lipinski definition) is 2. The summed E-state index contributed by atoms with van der Waals surface area (Å²) in [6, 6.07) is 8.23. The summed E-state index contributed by atoms with van der Waals surface area (Å²) in [5.41, 5.74) is 1.56. The Labute approximate surface area is 125 Å². The van der Waals surface area contributed by atoms with Gasteiger partial charge in [-0.15, -0.1) is 11.8 Å². The third-order valence-corrected chi connectivity index (χ3v) is 6.32. The summed E-state index contributed by atoms with van der Waals surface area (Å²) >= 11 is 1.56. The van der Waals surface area contributed by atoms with Gasteiger partial charge in [-0.05, 0) is 50.2 Å². The minimum Gasteiger partial charge on any atom is -0.480 e. The molecule has 2 aliphatic rings. The standard InChI is InChI=1S/C17H22O2S/c1-13-5-7-14(8-6-13)20-17(15(18)19)11-16(12-17)9-3-2-4-10-16/h5-8H,2-4,9-12H2,1H3,(H,18,19). The number of aryl methyl sites for hydroxylation is 1. The van der Waals surface area contributed by atoms with E-state index >= 15 is 0 Å². The van der Waals surface area contributed by atoms with Crippen LogP contribution in [-0.4, -0.2) is 15.8 Å². The van der Waals surface area contributed by atoms with Crippen LogP contribution in [0.3, 0.4) is 0 Å². The largest absolute Gasteiger partial charge is 0.480 e. The van der Waals surface area contributed by atoms with E-state index in [1.165, 1.54) is 37.7 Å². The molecule has 0 bridgehead atoms. The highest BCUT2D eigenvalue weighted by molar-refractivity contribution is 8.01. The zero-order valence-electron chi connectivity index (χ0n) is 12.0. The molecule has 20 heavy (non-hydrogen) atoms. The van der Waals surface area contributed by atoms with Crippen LogP contribution in [0.2, 0.25) is 0 Å². The normalized spacial score (nSPS) is 23.2. The van der Waals surface area contributed by atoms with E-state index in [1.807, 2.05) is 0 Å². The van der Waals surface area contributed by atoms with E-state index in [0.717, 1.165) is 17.7 Å². The Morgan fingerprint density at radius 1 is 1.10 bits per heavy atom. The fraction of sp³-hybridized carbons (Fsp3) is 0.588. The lowest BCUT2D eigenvalue weighted by atomic mass is 9.55. The van der Waals surface area contributed by atoms with E-state index in [1.54, 1.807) is 11.8 Å². The van der Waals surface area contributed by atoms with Gasteiger partial charge in [0.05, 0.1) is 0 Å². The summed E-state index contributed by atoms with van der Waals surface area (Å²) in [7, 11) is 0. The number of benzene rings is 1. The molecule has 0 aliphatic heterocycles. The lowest BCUT2D eigenvalue weighted by Gasteiger charge is -2.55. The molecule has 0 radical (unpaired) electrons. The maximum atomic E-state index is 11.8. The molecule has 2 saturated carbocycles. The third-order valence-electron chi connectivity index (χ3n) is 4.96. The maximum absolute atomic E-state index is 11.8. The molecule has 2 nitrogen and oxygen atoms in total. The van der Waals surface area contributed by atoms with Crippen molar-refractivity contribution in [3.05, 3.63) is 29.8 Å². The van der Waals surface area contributed by atoms with Crippen LogP contribution in [0.4, 0.5) is 0 Å². The molecule has 0 heterocycles. The van der Waals surface area contributed by atoms with E-state index in [-0.39, 0.29) is 0 Å². The van der Waals surface area contributed by atoms with Crippen LogP contribution >= 0.6 is 11.8 Å². The van der Waals surface area contributed by atoms with Crippen LogP contribution in [0.1, 0.15) is 50.5 Å². The fourth-order valence-corrected chi connectivity index (χ4v) is 5.48. The Bertz CT molecular complexity index is 492. The van der Waals surface area contributed by atoms with Gasteiger partial charge in [-0.2, -0.15) is 0 Å². The van der Waals surface area contributed by atoms with Gasteiger partial charge < -0.3 is 5.11 Å². The Kier molecular flexibility index (Phi) is 3.57. The van der Waals surface area contributed by atoms with Gasteiger partial charge in [0.15, 0.2) is 0 Å². The van der Waals surface area contributed by atoms with Crippen molar-refractivity contribution in [1.82, 2.24) is 0 Å². The minimum atomic E-state index is -0.626. The summed E-state index contributed by atoms with van der Waals surface area (Å²) < 4.78 is -0.577. The number of aliphatic carboxylic acids is 1. The van der Waals surface area contributed by atoms with Crippen LogP contribution in [0.25, 0.3) is 0 Å². The first-order valence-electron chi connectivity index (χ1n) is 7.53. The van der Waals surface area contributed by atoms with Crippen molar-refractivity contribution >= 4 is 17.7 Å². The molecule has 3 rings (SSSR count). The van der Waals surface area contributed by atoms with Gasteiger partial charge in [0.25, 0.3) is 0 Å². The molecular formula is C17H22O2S. The molecule has 108 valence electrons. The zero-order valence-corrected chi connectivity index (χ0v) is 12.8. The molecule has 0 amide bonds. The highest BCUT2D eigenvalue weighted by Crippen LogP contribution is 2.63.